The number of ether oxygens (including phenoxy) is 1. The van der Waals surface area contributed by atoms with Crippen LogP contribution in [0.5, 0.6) is 0 Å². The molecule has 17 heavy (non-hydrogen) atoms. The van der Waals surface area contributed by atoms with Gasteiger partial charge in [0, 0.05) is 12.0 Å². The molecule has 0 spiro atoms. The first-order valence-electron chi connectivity index (χ1n) is 6.63. The molecule has 92 valence electrons. The Labute approximate surface area is 103 Å². The SMILES string of the molecule is NCC1(COCc2ccccc2)CC2CC2C1. The van der Waals surface area contributed by atoms with E-state index in [0.29, 0.717) is 5.41 Å². The van der Waals surface area contributed by atoms with Crippen molar-refractivity contribution in [2.24, 2.45) is 23.0 Å². The van der Waals surface area contributed by atoms with Crippen LogP contribution < -0.4 is 5.73 Å². The molecular weight excluding hydrogens is 210 g/mol. The van der Waals surface area contributed by atoms with Gasteiger partial charge >= 0.3 is 0 Å². The summed E-state index contributed by atoms with van der Waals surface area (Å²) in [6, 6.07) is 10.4. The number of fused-ring (bicyclic) bond motifs is 1. The molecule has 3 rings (SSSR count). The van der Waals surface area contributed by atoms with Crippen LogP contribution in [-0.4, -0.2) is 13.2 Å². The van der Waals surface area contributed by atoms with E-state index in [9.17, 15) is 0 Å². The minimum absolute atomic E-state index is 0.294. The van der Waals surface area contributed by atoms with Crippen LogP contribution in [0.2, 0.25) is 0 Å². The Hall–Kier alpha value is -0.860. The molecule has 0 heterocycles. The van der Waals surface area contributed by atoms with Crippen LogP contribution in [0.4, 0.5) is 0 Å². The molecule has 0 bridgehead atoms. The number of rotatable bonds is 5. The molecule has 1 aromatic rings. The van der Waals surface area contributed by atoms with E-state index in [0.717, 1.165) is 31.6 Å². The van der Waals surface area contributed by atoms with Gasteiger partial charge in [-0.3, -0.25) is 0 Å². The summed E-state index contributed by atoms with van der Waals surface area (Å²) in [6.45, 7) is 2.35. The zero-order valence-corrected chi connectivity index (χ0v) is 10.3. The lowest BCUT2D eigenvalue weighted by Crippen LogP contribution is -2.33. The summed E-state index contributed by atoms with van der Waals surface area (Å²) in [6.07, 6.45) is 4.03. The van der Waals surface area contributed by atoms with Gasteiger partial charge < -0.3 is 10.5 Å². The smallest absolute Gasteiger partial charge is 0.0717 e. The van der Waals surface area contributed by atoms with Crippen molar-refractivity contribution in [1.29, 1.82) is 0 Å². The molecule has 0 aliphatic heterocycles. The molecule has 0 amide bonds. The molecule has 2 fully saturated rings. The highest BCUT2D eigenvalue weighted by atomic mass is 16.5. The molecular formula is C15H21NO. The summed E-state index contributed by atoms with van der Waals surface area (Å²) in [4.78, 5) is 0. The third kappa shape index (κ3) is 2.38. The van der Waals surface area contributed by atoms with Gasteiger partial charge in [-0.15, -0.1) is 0 Å². The van der Waals surface area contributed by atoms with Crippen LogP contribution in [0.3, 0.4) is 0 Å². The van der Waals surface area contributed by atoms with Crippen molar-refractivity contribution < 1.29 is 4.74 Å². The third-order valence-corrected chi connectivity index (χ3v) is 4.41. The first-order valence-corrected chi connectivity index (χ1v) is 6.63. The molecule has 2 saturated carbocycles. The van der Waals surface area contributed by atoms with Crippen molar-refractivity contribution in [1.82, 2.24) is 0 Å². The maximum atomic E-state index is 5.95. The summed E-state index contributed by atoms with van der Waals surface area (Å²) < 4.78 is 5.89. The second-order valence-corrected chi connectivity index (χ2v) is 5.85. The van der Waals surface area contributed by atoms with Crippen molar-refractivity contribution in [2.45, 2.75) is 25.9 Å². The highest BCUT2D eigenvalue weighted by Gasteiger charge is 2.53. The maximum Gasteiger partial charge on any atom is 0.0717 e. The monoisotopic (exact) mass is 231 g/mol. The molecule has 0 aromatic heterocycles. The first kappa shape index (κ1) is 11.2. The van der Waals surface area contributed by atoms with Crippen LogP contribution in [0, 0.1) is 17.3 Å². The minimum atomic E-state index is 0.294. The van der Waals surface area contributed by atoms with E-state index in [-0.39, 0.29) is 0 Å². The van der Waals surface area contributed by atoms with Crippen LogP contribution in [-0.2, 0) is 11.3 Å². The number of hydrogen-bond acceptors (Lipinski definition) is 2. The number of hydrogen-bond donors (Lipinski definition) is 1. The molecule has 0 saturated heterocycles. The van der Waals surface area contributed by atoms with Gasteiger partial charge in [-0.05, 0) is 36.7 Å². The summed E-state index contributed by atoms with van der Waals surface area (Å²) in [5.74, 6) is 1.94. The lowest BCUT2D eigenvalue weighted by molar-refractivity contribution is 0.0340. The minimum Gasteiger partial charge on any atom is -0.376 e. The van der Waals surface area contributed by atoms with Crippen molar-refractivity contribution in [3.63, 3.8) is 0 Å². The van der Waals surface area contributed by atoms with Crippen molar-refractivity contribution in [2.75, 3.05) is 13.2 Å². The average molecular weight is 231 g/mol. The van der Waals surface area contributed by atoms with E-state index in [4.69, 9.17) is 10.5 Å². The molecule has 2 aliphatic rings. The lowest BCUT2D eigenvalue weighted by Gasteiger charge is -2.28. The molecule has 1 aromatic carbocycles. The zero-order chi connectivity index (χ0) is 11.7. The molecule has 2 N–H and O–H groups in total. The van der Waals surface area contributed by atoms with Gasteiger partial charge in [-0.1, -0.05) is 30.3 Å². The van der Waals surface area contributed by atoms with Gasteiger partial charge in [0.05, 0.1) is 13.2 Å². The number of nitrogens with two attached hydrogens (primary N) is 1. The van der Waals surface area contributed by atoms with E-state index >= 15 is 0 Å². The average Bonchev–Trinajstić information content (AvgIpc) is 2.99. The Morgan fingerprint density at radius 3 is 2.53 bits per heavy atom. The van der Waals surface area contributed by atoms with Crippen molar-refractivity contribution in [3.8, 4) is 0 Å². The molecule has 0 radical (unpaired) electrons. The summed E-state index contributed by atoms with van der Waals surface area (Å²) in [7, 11) is 0. The van der Waals surface area contributed by atoms with Crippen LogP contribution in [0.25, 0.3) is 0 Å². The molecule has 2 unspecified atom stereocenters. The fourth-order valence-corrected chi connectivity index (χ4v) is 3.31. The van der Waals surface area contributed by atoms with E-state index in [2.05, 4.69) is 24.3 Å². The van der Waals surface area contributed by atoms with Crippen LogP contribution in [0.15, 0.2) is 30.3 Å². The van der Waals surface area contributed by atoms with Gasteiger partial charge in [0.2, 0.25) is 0 Å². The summed E-state index contributed by atoms with van der Waals surface area (Å²) in [5.41, 5.74) is 7.50. The van der Waals surface area contributed by atoms with Gasteiger partial charge in [0.1, 0.15) is 0 Å². The second-order valence-electron chi connectivity index (χ2n) is 5.85. The third-order valence-electron chi connectivity index (χ3n) is 4.41. The predicted octanol–water partition coefficient (Wildman–Crippen LogP) is 2.58. The van der Waals surface area contributed by atoms with Crippen molar-refractivity contribution >= 4 is 0 Å². The van der Waals surface area contributed by atoms with E-state index in [1.54, 1.807) is 0 Å². The van der Waals surface area contributed by atoms with Crippen LogP contribution in [0.1, 0.15) is 24.8 Å². The van der Waals surface area contributed by atoms with Gasteiger partial charge in [-0.25, -0.2) is 0 Å². The fraction of sp³-hybridized carbons (Fsp3) is 0.600. The van der Waals surface area contributed by atoms with E-state index in [1.807, 2.05) is 6.07 Å². The summed E-state index contributed by atoms with van der Waals surface area (Å²) in [5, 5.41) is 0. The summed E-state index contributed by atoms with van der Waals surface area (Å²) >= 11 is 0. The Morgan fingerprint density at radius 1 is 1.18 bits per heavy atom. The normalized spacial score (nSPS) is 34.6. The Bertz CT molecular complexity index is 366. The molecule has 2 heteroatoms. The Kier molecular flexibility index (Phi) is 2.93. The first-order chi connectivity index (χ1) is 8.31. The Balaban J connectivity index is 1.50. The Morgan fingerprint density at radius 2 is 1.88 bits per heavy atom. The van der Waals surface area contributed by atoms with Gasteiger partial charge in [0.25, 0.3) is 0 Å². The predicted molar refractivity (Wildman–Crippen MR) is 68.4 cm³/mol. The highest BCUT2D eigenvalue weighted by Crippen LogP contribution is 2.59. The second kappa shape index (κ2) is 4.43. The highest BCUT2D eigenvalue weighted by molar-refractivity contribution is 5.13. The van der Waals surface area contributed by atoms with E-state index < -0.39 is 0 Å². The van der Waals surface area contributed by atoms with Crippen molar-refractivity contribution in [3.05, 3.63) is 35.9 Å². The fourth-order valence-electron chi connectivity index (χ4n) is 3.31. The molecule has 2 nitrogen and oxygen atoms in total. The number of benzene rings is 1. The van der Waals surface area contributed by atoms with Gasteiger partial charge in [-0.2, -0.15) is 0 Å². The maximum absolute atomic E-state index is 5.95. The zero-order valence-electron chi connectivity index (χ0n) is 10.3. The lowest BCUT2D eigenvalue weighted by atomic mass is 9.84. The van der Waals surface area contributed by atoms with E-state index in [1.165, 1.54) is 24.8 Å². The molecule has 2 aliphatic carbocycles. The quantitative estimate of drug-likeness (QED) is 0.845. The van der Waals surface area contributed by atoms with Gasteiger partial charge in [0.15, 0.2) is 0 Å². The molecule has 2 atom stereocenters. The topological polar surface area (TPSA) is 35.2 Å². The standard InChI is InChI=1S/C15H21NO/c16-10-15(7-13-6-14(13)8-15)11-17-9-12-4-2-1-3-5-12/h1-5,13-14H,6-11,16H2. The van der Waals surface area contributed by atoms with Crippen LogP contribution >= 0.6 is 0 Å². The largest absolute Gasteiger partial charge is 0.376 e.